The molecule has 1 aliphatic rings. The van der Waals surface area contributed by atoms with Gasteiger partial charge in [-0.05, 0) is 28.1 Å². The molecule has 1 N–H and O–H groups in total. The number of halogens is 1. The number of nitrogens with one attached hydrogen (secondary N) is 1. The zero-order chi connectivity index (χ0) is 16.4. The molecule has 1 aliphatic heterocycles. The van der Waals surface area contributed by atoms with E-state index in [2.05, 4.69) is 36.1 Å². The van der Waals surface area contributed by atoms with Gasteiger partial charge in [0.1, 0.15) is 12.0 Å². The number of hydrogen-bond donors (Lipinski definition) is 1. The van der Waals surface area contributed by atoms with Crippen LogP contribution in [0.3, 0.4) is 0 Å². The number of sulfonamides is 1. The van der Waals surface area contributed by atoms with E-state index in [9.17, 15) is 13.2 Å². The zero-order valence-corrected chi connectivity index (χ0v) is 14.3. The summed E-state index contributed by atoms with van der Waals surface area (Å²) in [5.41, 5.74) is 0.333. The summed E-state index contributed by atoms with van der Waals surface area (Å²) in [6.07, 6.45) is 2.70. The van der Waals surface area contributed by atoms with E-state index in [0.717, 1.165) is 10.8 Å². The minimum atomic E-state index is -3.69. The third-order valence-electron chi connectivity index (χ3n) is 3.45. The third kappa shape index (κ3) is 3.26. The number of carbonyl (C=O) groups is 1. The number of hydrogen-bond acceptors (Lipinski definition) is 6. The first kappa shape index (κ1) is 16.0. The van der Waals surface area contributed by atoms with E-state index < -0.39 is 10.0 Å². The van der Waals surface area contributed by atoms with Gasteiger partial charge in [-0.1, -0.05) is 0 Å². The van der Waals surface area contributed by atoms with Crippen molar-refractivity contribution in [3.05, 3.63) is 34.8 Å². The molecule has 0 radical (unpaired) electrons. The van der Waals surface area contributed by atoms with Crippen LogP contribution in [0.25, 0.3) is 0 Å². The molecular formula is C12H13BrN6O3S. The molecule has 23 heavy (non-hydrogen) atoms. The second kappa shape index (κ2) is 6.34. The van der Waals surface area contributed by atoms with Gasteiger partial charge in [0.25, 0.3) is 21.1 Å². The summed E-state index contributed by atoms with van der Waals surface area (Å²) >= 11 is 3.26. The predicted octanol–water partition coefficient (Wildman–Crippen LogP) is 0.109. The predicted molar refractivity (Wildman–Crippen MR) is 83.0 cm³/mol. The SMILES string of the molecule is O=C(c1ccc(Br)cn1)N1CCN(S(=O)(=O)c2ncn[nH]2)CC1. The molecule has 0 atom stereocenters. The molecule has 122 valence electrons. The van der Waals surface area contributed by atoms with Crippen molar-refractivity contribution in [3.63, 3.8) is 0 Å². The lowest BCUT2D eigenvalue weighted by Crippen LogP contribution is -2.50. The van der Waals surface area contributed by atoms with Crippen molar-refractivity contribution in [2.75, 3.05) is 26.2 Å². The van der Waals surface area contributed by atoms with Crippen molar-refractivity contribution in [1.82, 2.24) is 29.4 Å². The summed E-state index contributed by atoms with van der Waals surface area (Å²) in [7, 11) is -3.69. The number of aromatic amines is 1. The highest BCUT2D eigenvalue weighted by atomic mass is 79.9. The maximum atomic E-state index is 12.3. The molecule has 0 bridgehead atoms. The third-order valence-corrected chi connectivity index (χ3v) is 5.65. The zero-order valence-electron chi connectivity index (χ0n) is 11.9. The van der Waals surface area contributed by atoms with Crippen LogP contribution in [0.1, 0.15) is 10.5 Å². The lowest BCUT2D eigenvalue weighted by molar-refractivity contribution is 0.0691. The van der Waals surface area contributed by atoms with Gasteiger partial charge in [-0.15, -0.1) is 0 Å². The first-order valence-corrected chi connectivity index (χ1v) is 8.98. The number of nitrogens with zero attached hydrogens (tertiary/aromatic N) is 5. The summed E-state index contributed by atoms with van der Waals surface area (Å²) in [5, 5.41) is 5.72. The molecule has 0 aliphatic carbocycles. The fourth-order valence-corrected chi connectivity index (χ4v) is 3.71. The number of amides is 1. The van der Waals surface area contributed by atoms with E-state index >= 15 is 0 Å². The number of rotatable bonds is 3. The maximum absolute atomic E-state index is 12.3. The van der Waals surface area contributed by atoms with Gasteiger partial charge in [0, 0.05) is 36.8 Å². The second-order valence-corrected chi connectivity index (χ2v) is 7.62. The molecule has 1 amide bonds. The van der Waals surface area contributed by atoms with Crippen LogP contribution in [0.2, 0.25) is 0 Å². The standard InChI is InChI=1S/C12H13BrN6O3S/c13-9-1-2-10(14-7-9)11(20)18-3-5-19(6-4-18)23(21,22)12-15-8-16-17-12/h1-2,7-8H,3-6H2,(H,15,16,17). The fourth-order valence-electron chi connectivity index (χ4n) is 2.24. The van der Waals surface area contributed by atoms with Crippen LogP contribution in [0.15, 0.2) is 34.3 Å². The Morgan fingerprint density at radius 2 is 1.91 bits per heavy atom. The Balaban J connectivity index is 1.67. The first-order valence-electron chi connectivity index (χ1n) is 6.75. The van der Waals surface area contributed by atoms with E-state index in [1.54, 1.807) is 23.2 Å². The van der Waals surface area contributed by atoms with Gasteiger partial charge in [-0.25, -0.2) is 23.5 Å². The monoisotopic (exact) mass is 400 g/mol. The van der Waals surface area contributed by atoms with Crippen LogP contribution < -0.4 is 0 Å². The Morgan fingerprint density at radius 3 is 2.48 bits per heavy atom. The van der Waals surface area contributed by atoms with Crippen molar-refractivity contribution in [3.8, 4) is 0 Å². The van der Waals surface area contributed by atoms with Crippen LogP contribution in [0.4, 0.5) is 0 Å². The number of carbonyl (C=O) groups excluding carboxylic acids is 1. The van der Waals surface area contributed by atoms with Crippen molar-refractivity contribution < 1.29 is 13.2 Å². The Labute approximate surface area is 140 Å². The molecule has 3 rings (SSSR count). The summed E-state index contributed by atoms with van der Waals surface area (Å²) in [6.45, 7) is 0.991. The van der Waals surface area contributed by atoms with Crippen molar-refractivity contribution in [2.45, 2.75) is 5.16 Å². The molecule has 9 nitrogen and oxygen atoms in total. The lowest BCUT2D eigenvalue weighted by atomic mass is 10.3. The molecule has 3 heterocycles. The highest BCUT2D eigenvalue weighted by Gasteiger charge is 2.32. The summed E-state index contributed by atoms with van der Waals surface area (Å²) in [4.78, 5) is 21.7. The van der Waals surface area contributed by atoms with Crippen LogP contribution in [-0.4, -0.2) is 69.9 Å². The van der Waals surface area contributed by atoms with Crippen molar-refractivity contribution in [1.29, 1.82) is 0 Å². The number of pyridine rings is 1. The molecule has 2 aromatic heterocycles. The number of H-pyrrole nitrogens is 1. The summed E-state index contributed by atoms with van der Waals surface area (Å²) in [5.74, 6) is -0.214. The molecule has 0 spiro atoms. The minimum absolute atomic E-state index is 0.188. The average Bonchev–Trinajstić information content (AvgIpc) is 3.10. The van der Waals surface area contributed by atoms with Gasteiger partial charge in [0.15, 0.2) is 0 Å². The van der Waals surface area contributed by atoms with Crippen LogP contribution in [0, 0.1) is 0 Å². The largest absolute Gasteiger partial charge is 0.335 e. The highest BCUT2D eigenvalue weighted by Crippen LogP contribution is 2.15. The van der Waals surface area contributed by atoms with E-state index in [-0.39, 0.29) is 24.2 Å². The topological polar surface area (TPSA) is 112 Å². The minimum Gasteiger partial charge on any atom is -0.335 e. The molecule has 1 saturated heterocycles. The quantitative estimate of drug-likeness (QED) is 0.782. The second-order valence-electron chi connectivity index (χ2n) is 4.85. The van der Waals surface area contributed by atoms with Crippen LogP contribution in [-0.2, 0) is 10.0 Å². The van der Waals surface area contributed by atoms with Gasteiger partial charge in [0.2, 0.25) is 0 Å². The van der Waals surface area contributed by atoms with E-state index in [1.165, 1.54) is 4.31 Å². The Bertz CT molecular complexity index is 785. The fraction of sp³-hybridized carbons (Fsp3) is 0.333. The van der Waals surface area contributed by atoms with E-state index in [0.29, 0.717) is 18.8 Å². The molecule has 0 unspecified atom stereocenters. The molecule has 11 heteroatoms. The number of aromatic nitrogens is 4. The first-order chi connectivity index (χ1) is 11.0. The van der Waals surface area contributed by atoms with Crippen LogP contribution >= 0.6 is 15.9 Å². The number of piperazine rings is 1. The smallest absolute Gasteiger partial charge is 0.278 e. The molecule has 0 saturated carbocycles. The van der Waals surface area contributed by atoms with Crippen molar-refractivity contribution in [2.24, 2.45) is 0 Å². The Morgan fingerprint density at radius 1 is 1.17 bits per heavy atom. The summed E-state index contributed by atoms with van der Waals surface area (Å²) in [6, 6.07) is 3.37. The normalized spacial score (nSPS) is 16.5. The Kier molecular flexibility index (Phi) is 4.41. The van der Waals surface area contributed by atoms with E-state index in [4.69, 9.17) is 0 Å². The summed E-state index contributed by atoms with van der Waals surface area (Å²) < 4.78 is 26.7. The van der Waals surface area contributed by atoms with E-state index in [1.807, 2.05) is 0 Å². The van der Waals surface area contributed by atoms with Gasteiger partial charge < -0.3 is 4.90 Å². The molecular weight excluding hydrogens is 388 g/mol. The van der Waals surface area contributed by atoms with Crippen LogP contribution in [0.5, 0.6) is 0 Å². The van der Waals surface area contributed by atoms with Gasteiger partial charge in [-0.3, -0.25) is 4.79 Å². The molecule has 0 aromatic carbocycles. The van der Waals surface area contributed by atoms with Gasteiger partial charge in [0.05, 0.1) is 0 Å². The van der Waals surface area contributed by atoms with Gasteiger partial charge in [-0.2, -0.15) is 9.40 Å². The maximum Gasteiger partial charge on any atom is 0.278 e. The molecule has 2 aromatic rings. The Hall–Kier alpha value is -1.85. The lowest BCUT2D eigenvalue weighted by Gasteiger charge is -2.33. The van der Waals surface area contributed by atoms with Gasteiger partial charge >= 0.3 is 0 Å². The van der Waals surface area contributed by atoms with Crippen molar-refractivity contribution >= 4 is 31.9 Å². The highest BCUT2D eigenvalue weighted by molar-refractivity contribution is 9.10. The average molecular weight is 401 g/mol. The molecule has 1 fully saturated rings.